The fourth-order valence-electron chi connectivity index (χ4n) is 1.14. The van der Waals surface area contributed by atoms with Crippen LogP contribution >= 0.6 is 11.6 Å². The van der Waals surface area contributed by atoms with Gasteiger partial charge < -0.3 is 4.74 Å². The van der Waals surface area contributed by atoms with Crippen molar-refractivity contribution in [3.8, 4) is 0 Å². The fourth-order valence-corrected chi connectivity index (χ4v) is 1.37. The van der Waals surface area contributed by atoms with E-state index in [0.717, 1.165) is 12.1 Å². The molecule has 0 spiro atoms. The molecule has 5 heteroatoms. The van der Waals surface area contributed by atoms with Crippen molar-refractivity contribution in [3.63, 3.8) is 0 Å². The summed E-state index contributed by atoms with van der Waals surface area (Å²) in [5.74, 6) is -2.11. The number of hydrogen-bond donors (Lipinski definition) is 0. The first kappa shape index (κ1) is 11.9. The maximum absolute atomic E-state index is 13.2. The average molecular weight is 235 g/mol. The maximum Gasteiger partial charge on any atom is 0.303 e. The summed E-state index contributed by atoms with van der Waals surface area (Å²) >= 11 is 5.52. The zero-order valence-electron chi connectivity index (χ0n) is 7.97. The van der Waals surface area contributed by atoms with Gasteiger partial charge in [0.15, 0.2) is 0 Å². The number of carbonyl (C=O) groups is 1. The molecule has 0 saturated heterocycles. The molecular formula is C10H9ClF2O2. The minimum absolute atomic E-state index is 0.0709. The lowest BCUT2D eigenvalue weighted by Gasteiger charge is -2.14. The molecule has 0 aliphatic rings. The molecule has 1 aromatic rings. The summed E-state index contributed by atoms with van der Waals surface area (Å²) in [6, 6.07) is 3.01. The molecule has 82 valence electrons. The Balaban J connectivity index is 2.96. The zero-order valence-corrected chi connectivity index (χ0v) is 8.72. The lowest BCUT2D eigenvalue weighted by molar-refractivity contribution is -0.145. The fraction of sp³-hybridized carbons (Fsp3) is 0.300. The number of esters is 1. The first-order valence-corrected chi connectivity index (χ1v) is 4.76. The Bertz CT molecular complexity index is 368. The highest BCUT2D eigenvalue weighted by atomic mass is 35.5. The summed E-state index contributed by atoms with van der Waals surface area (Å²) in [4.78, 5) is 10.7. The predicted octanol–water partition coefficient (Wildman–Crippen LogP) is 2.81. The monoisotopic (exact) mass is 234 g/mol. The molecule has 0 N–H and O–H groups in total. The Kier molecular flexibility index (Phi) is 4.03. The van der Waals surface area contributed by atoms with E-state index in [-0.39, 0.29) is 11.4 Å². The molecule has 0 bridgehead atoms. The average Bonchev–Trinajstić information content (AvgIpc) is 2.14. The van der Waals surface area contributed by atoms with E-state index in [2.05, 4.69) is 0 Å². The highest BCUT2D eigenvalue weighted by molar-refractivity contribution is 6.18. The molecule has 1 unspecified atom stereocenters. The maximum atomic E-state index is 13.2. The van der Waals surface area contributed by atoms with Crippen molar-refractivity contribution in [2.24, 2.45) is 0 Å². The van der Waals surface area contributed by atoms with Crippen molar-refractivity contribution >= 4 is 17.6 Å². The number of rotatable bonds is 3. The number of ether oxygens (including phenoxy) is 1. The van der Waals surface area contributed by atoms with Crippen LogP contribution in [-0.4, -0.2) is 11.8 Å². The first-order chi connectivity index (χ1) is 7.04. The topological polar surface area (TPSA) is 26.3 Å². The van der Waals surface area contributed by atoms with Crippen LogP contribution in [0, 0.1) is 11.6 Å². The molecule has 15 heavy (non-hydrogen) atoms. The van der Waals surface area contributed by atoms with Crippen molar-refractivity contribution in [1.82, 2.24) is 0 Å². The lowest BCUT2D eigenvalue weighted by Crippen LogP contribution is -2.11. The summed E-state index contributed by atoms with van der Waals surface area (Å²) in [5, 5.41) is 0. The van der Waals surface area contributed by atoms with Crippen LogP contribution in [0.5, 0.6) is 0 Å². The van der Waals surface area contributed by atoms with Gasteiger partial charge in [0.1, 0.15) is 17.7 Å². The minimum Gasteiger partial charge on any atom is -0.456 e. The molecule has 0 amide bonds. The second-order valence-corrected chi connectivity index (χ2v) is 3.23. The second-order valence-electron chi connectivity index (χ2n) is 2.92. The standard InChI is InChI=1S/C10H9ClF2O2/c1-6(14)15-10(5-11)8-3-2-7(12)4-9(8)13/h2-4,10H,5H2,1H3. The Morgan fingerprint density at radius 1 is 1.53 bits per heavy atom. The van der Waals surface area contributed by atoms with E-state index in [1.165, 1.54) is 13.0 Å². The van der Waals surface area contributed by atoms with E-state index < -0.39 is 23.7 Å². The van der Waals surface area contributed by atoms with Crippen LogP contribution in [0.4, 0.5) is 8.78 Å². The Hall–Kier alpha value is -1.16. The highest BCUT2D eigenvalue weighted by Crippen LogP contribution is 2.22. The molecule has 1 atom stereocenters. The molecule has 0 heterocycles. The second kappa shape index (κ2) is 5.07. The summed E-state index contributed by atoms with van der Waals surface area (Å²) in [6.07, 6.45) is -0.884. The molecule has 1 rings (SSSR count). The van der Waals surface area contributed by atoms with Gasteiger partial charge in [0, 0.05) is 18.6 Å². The van der Waals surface area contributed by atoms with Gasteiger partial charge in [-0.2, -0.15) is 0 Å². The quantitative estimate of drug-likeness (QED) is 0.594. The van der Waals surface area contributed by atoms with Gasteiger partial charge in [0.25, 0.3) is 0 Å². The van der Waals surface area contributed by atoms with Crippen LogP contribution in [0.3, 0.4) is 0 Å². The van der Waals surface area contributed by atoms with Crippen LogP contribution in [0.25, 0.3) is 0 Å². The first-order valence-electron chi connectivity index (χ1n) is 4.22. The molecule has 1 aromatic carbocycles. The molecular weight excluding hydrogens is 226 g/mol. The van der Waals surface area contributed by atoms with Crippen LogP contribution in [0.1, 0.15) is 18.6 Å². The number of halogens is 3. The van der Waals surface area contributed by atoms with Gasteiger partial charge >= 0.3 is 5.97 Å². The third kappa shape index (κ3) is 3.16. The van der Waals surface area contributed by atoms with E-state index in [4.69, 9.17) is 16.3 Å². The van der Waals surface area contributed by atoms with Crippen molar-refractivity contribution in [2.45, 2.75) is 13.0 Å². The largest absolute Gasteiger partial charge is 0.456 e. The summed E-state index contributed by atoms with van der Waals surface area (Å²) in [5.41, 5.74) is 0.0709. The van der Waals surface area contributed by atoms with Crippen LogP contribution in [0.2, 0.25) is 0 Å². The molecule has 2 nitrogen and oxygen atoms in total. The molecule has 0 radical (unpaired) electrons. The Morgan fingerprint density at radius 2 is 2.20 bits per heavy atom. The molecule has 0 saturated carbocycles. The van der Waals surface area contributed by atoms with E-state index in [0.29, 0.717) is 0 Å². The van der Waals surface area contributed by atoms with Crippen molar-refractivity contribution < 1.29 is 18.3 Å². The molecule has 0 aliphatic heterocycles. The van der Waals surface area contributed by atoms with E-state index in [9.17, 15) is 13.6 Å². The minimum atomic E-state index is -0.884. The smallest absolute Gasteiger partial charge is 0.303 e. The van der Waals surface area contributed by atoms with Crippen molar-refractivity contribution in [2.75, 3.05) is 5.88 Å². The Labute approximate surface area is 90.8 Å². The highest BCUT2D eigenvalue weighted by Gasteiger charge is 2.18. The number of hydrogen-bond acceptors (Lipinski definition) is 2. The summed E-state index contributed by atoms with van der Waals surface area (Å²) in [6.45, 7) is 1.20. The summed E-state index contributed by atoms with van der Waals surface area (Å²) < 4.78 is 30.6. The molecule has 0 aromatic heterocycles. The number of benzene rings is 1. The normalized spacial score (nSPS) is 12.3. The summed E-state index contributed by atoms with van der Waals surface area (Å²) in [7, 11) is 0. The van der Waals surface area contributed by atoms with Gasteiger partial charge in [0.05, 0.1) is 5.88 Å². The van der Waals surface area contributed by atoms with Crippen molar-refractivity contribution in [1.29, 1.82) is 0 Å². The van der Waals surface area contributed by atoms with Gasteiger partial charge in [0.2, 0.25) is 0 Å². The Morgan fingerprint density at radius 3 is 2.67 bits per heavy atom. The van der Waals surface area contributed by atoms with Crippen molar-refractivity contribution in [3.05, 3.63) is 35.4 Å². The van der Waals surface area contributed by atoms with Crippen LogP contribution < -0.4 is 0 Å². The SMILES string of the molecule is CC(=O)OC(CCl)c1ccc(F)cc1F. The van der Waals surface area contributed by atoms with Gasteiger partial charge in [-0.05, 0) is 12.1 Å². The van der Waals surface area contributed by atoms with Gasteiger partial charge in [-0.25, -0.2) is 8.78 Å². The third-order valence-corrected chi connectivity index (χ3v) is 2.04. The lowest BCUT2D eigenvalue weighted by atomic mass is 10.1. The predicted molar refractivity (Wildman–Crippen MR) is 51.6 cm³/mol. The number of carbonyl (C=O) groups excluding carboxylic acids is 1. The molecule has 0 fully saturated rings. The van der Waals surface area contributed by atoms with Gasteiger partial charge in [-0.3, -0.25) is 4.79 Å². The van der Waals surface area contributed by atoms with Crippen LogP contribution in [-0.2, 0) is 9.53 Å². The molecule has 0 aliphatic carbocycles. The van der Waals surface area contributed by atoms with Crippen LogP contribution in [0.15, 0.2) is 18.2 Å². The number of alkyl halides is 1. The third-order valence-electron chi connectivity index (χ3n) is 1.76. The zero-order chi connectivity index (χ0) is 11.4. The van der Waals surface area contributed by atoms with E-state index >= 15 is 0 Å². The van der Waals surface area contributed by atoms with Gasteiger partial charge in [-0.1, -0.05) is 0 Å². The van der Waals surface area contributed by atoms with Gasteiger partial charge in [-0.15, -0.1) is 11.6 Å². The van der Waals surface area contributed by atoms with E-state index in [1.807, 2.05) is 0 Å². The van der Waals surface area contributed by atoms with E-state index in [1.54, 1.807) is 0 Å².